The zero-order valence-corrected chi connectivity index (χ0v) is 29.8. The number of nitrogens with one attached hydrogen (secondary N) is 4. The summed E-state index contributed by atoms with van der Waals surface area (Å²) in [6.07, 6.45) is 2.27. The predicted octanol–water partition coefficient (Wildman–Crippen LogP) is 2.62. The highest BCUT2D eigenvalue weighted by Gasteiger charge is 2.70. The third kappa shape index (κ3) is 8.67. The van der Waals surface area contributed by atoms with Crippen LogP contribution in [-0.4, -0.2) is 95.6 Å². The maximum atomic E-state index is 14.3. The normalized spacial score (nSPS) is 22.0. The number of ketones is 1. The Hall–Kier alpha value is -3.44. The van der Waals surface area contributed by atoms with Gasteiger partial charge in [-0.3, -0.25) is 24.0 Å². The Morgan fingerprint density at radius 3 is 1.93 bits per heavy atom. The number of hydrogen-bond acceptors (Lipinski definition) is 6. The molecule has 12 heteroatoms. The number of urea groups is 1. The summed E-state index contributed by atoms with van der Waals surface area (Å²) in [7, 11) is 0. The first-order valence-electron chi connectivity index (χ1n) is 16.6. The molecule has 0 aromatic rings. The smallest absolute Gasteiger partial charge is 0.316 e. The molecule has 2 rings (SSSR count). The summed E-state index contributed by atoms with van der Waals surface area (Å²) >= 11 is 0. The Morgan fingerprint density at radius 1 is 0.913 bits per heavy atom. The molecule has 4 N–H and O–H groups in total. The SMILES string of the molecule is C=CCNC(=O)C(=O)C(CCC)NC(=O)[C@@H]1[C@@H]2[C@H](CN1C(=O)[C@@H](NC(=O)N[C@H](C(=O)N(CC)CC)C(C)(C)C)C(C)(C)C)C2(C)C. The molecule has 1 heterocycles. The number of carbonyl (C=O) groups excluding carboxylic acids is 6. The lowest BCUT2D eigenvalue weighted by molar-refractivity contribution is -0.145. The van der Waals surface area contributed by atoms with Crippen LogP contribution in [0.15, 0.2) is 12.7 Å². The molecule has 6 atom stereocenters. The molecule has 0 spiro atoms. The zero-order valence-electron chi connectivity index (χ0n) is 29.8. The summed E-state index contributed by atoms with van der Waals surface area (Å²) in [6.45, 7) is 25.8. The third-order valence-electron chi connectivity index (χ3n) is 9.45. The van der Waals surface area contributed by atoms with Gasteiger partial charge in [-0.05, 0) is 48.3 Å². The van der Waals surface area contributed by atoms with Crippen molar-refractivity contribution in [2.75, 3.05) is 26.2 Å². The highest BCUT2D eigenvalue weighted by Crippen LogP contribution is 2.65. The van der Waals surface area contributed by atoms with Crippen molar-refractivity contribution < 1.29 is 28.8 Å². The monoisotopic (exact) mass is 646 g/mol. The molecule has 1 aliphatic carbocycles. The van der Waals surface area contributed by atoms with Crippen molar-refractivity contribution in [3.8, 4) is 0 Å². The minimum atomic E-state index is -1.04. The molecule has 0 bridgehead atoms. The van der Waals surface area contributed by atoms with E-state index in [0.717, 1.165) is 0 Å². The standard InChI is InChI=1S/C34H58N6O6/c1-13-17-21(24(41)28(43)35-18-14-2)36-27(42)23-22-20(34(22,11)12)19-40(23)30(45)26(33(8,9)10)38-31(46)37-25(32(5,6)7)29(44)39(15-3)16-4/h14,20-23,25-26H,2,13,15-19H2,1,3-12H3,(H,35,43)(H,36,42)(H2,37,38,46)/t20-,21?,22-,23-,25+,26+/m0/s1. The molecule has 12 nitrogen and oxygen atoms in total. The van der Waals surface area contributed by atoms with E-state index < -0.39 is 64.5 Å². The van der Waals surface area contributed by atoms with E-state index in [9.17, 15) is 28.8 Å². The summed E-state index contributed by atoms with van der Waals surface area (Å²) < 4.78 is 0. The number of carbonyl (C=O) groups is 6. The van der Waals surface area contributed by atoms with E-state index in [1.54, 1.807) is 4.90 Å². The van der Waals surface area contributed by atoms with E-state index in [1.807, 2.05) is 76.2 Å². The lowest BCUT2D eigenvalue weighted by Gasteiger charge is -2.39. The molecule has 0 aromatic carbocycles. The first-order valence-corrected chi connectivity index (χ1v) is 16.6. The van der Waals surface area contributed by atoms with Crippen LogP contribution in [0.2, 0.25) is 0 Å². The van der Waals surface area contributed by atoms with E-state index in [0.29, 0.717) is 26.1 Å². The van der Waals surface area contributed by atoms with Crippen LogP contribution in [0, 0.1) is 28.1 Å². The molecule has 1 aliphatic heterocycles. The fourth-order valence-corrected chi connectivity index (χ4v) is 6.52. The second-order valence-electron chi connectivity index (χ2n) is 15.3. The maximum absolute atomic E-state index is 14.3. The first kappa shape index (κ1) is 38.7. The Bertz CT molecular complexity index is 1180. The highest BCUT2D eigenvalue weighted by atomic mass is 16.2. The van der Waals surface area contributed by atoms with Crippen LogP contribution in [0.4, 0.5) is 4.79 Å². The van der Waals surface area contributed by atoms with Gasteiger partial charge in [0.1, 0.15) is 18.1 Å². The van der Waals surface area contributed by atoms with Gasteiger partial charge >= 0.3 is 6.03 Å². The van der Waals surface area contributed by atoms with E-state index in [2.05, 4.69) is 27.8 Å². The Morgan fingerprint density at radius 2 is 1.46 bits per heavy atom. The summed E-state index contributed by atoms with van der Waals surface area (Å²) in [5.74, 6) is -2.76. The van der Waals surface area contributed by atoms with Crippen LogP contribution < -0.4 is 21.3 Å². The molecule has 6 amide bonds. The minimum absolute atomic E-state index is 0.0647. The van der Waals surface area contributed by atoms with Gasteiger partial charge in [-0.1, -0.05) is 74.8 Å². The van der Waals surface area contributed by atoms with Crippen molar-refractivity contribution in [1.82, 2.24) is 31.1 Å². The van der Waals surface area contributed by atoms with Crippen molar-refractivity contribution in [2.24, 2.45) is 28.1 Å². The van der Waals surface area contributed by atoms with Gasteiger partial charge in [0, 0.05) is 26.2 Å². The maximum Gasteiger partial charge on any atom is 0.316 e. The lowest BCUT2D eigenvalue weighted by Crippen LogP contribution is -2.63. The Balaban J connectivity index is 2.35. The minimum Gasteiger partial charge on any atom is -0.346 e. The van der Waals surface area contributed by atoms with Gasteiger partial charge in [0.25, 0.3) is 5.91 Å². The highest BCUT2D eigenvalue weighted by molar-refractivity contribution is 6.38. The molecular formula is C34H58N6O6. The number of likely N-dealkylation sites (N-methyl/N-ethyl adjacent to an activating group) is 1. The van der Waals surface area contributed by atoms with E-state index in [-0.39, 0.29) is 36.1 Å². The van der Waals surface area contributed by atoms with Crippen molar-refractivity contribution >= 4 is 35.4 Å². The van der Waals surface area contributed by atoms with Gasteiger partial charge in [0.15, 0.2) is 0 Å². The quantitative estimate of drug-likeness (QED) is 0.168. The van der Waals surface area contributed by atoms with Gasteiger partial charge < -0.3 is 31.1 Å². The van der Waals surface area contributed by atoms with E-state index >= 15 is 0 Å². The van der Waals surface area contributed by atoms with Crippen molar-refractivity contribution in [3.05, 3.63) is 12.7 Å². The summed E-state index contributed by atoms with van der Waals surface area (Å²) in [4.78, 5) is 83.6. The molecule has 1 saturated heterocycles. The number of rotatable bonds is 14. The van der Waals surface area contributed by atoms with E-state index in [4.69, 9.17) is 0 Å². The Kier molecular flexibility index (Phi) is 12.6. The lowest BCUT2D eigenvalue weighted by atomic mass is 9.84. The number of likely N-dealkylation sites (tertiary alicyclic amines) is 1. The third-order valence-corrected chi connectivity index (χ3v) is 9.45. The second kappa shape index (κ2) is 15.0. The first-order chi connectivity index (χ1) is 21.2. The van der Waals surface area contributed by atoms with Crippen LogP contribution in [0.5, 0.6) is 0 Å². The fourth-order valence-electron chi connectivity index (χ4n) is 6.52. The van der Waals surface area contributed by atoms with Gasteiger partial charge in [-0.15, -0.1) is 6.58 Å². The van der Waals surface area contributed by atoms with E-state index in [1.165, 1.54) is 11.0 Å². The van der Waals surface area contributed by atoms with Gasteiger partial charge in [-0.2, -0.15) is 0 Å². The largest absolute Gasteiger partial charge is 0.346 e. The molecule has 2 fully saturated rings. The topological polar surface area (TPSA) is 157 Å². The molecule has 2 aliphatic rings. The van der Waals surface area contributed by atoms with Gasteiger partial charge in [-0.25, -0.2) is 4.79 Å². The van der Waals surface area contributed by atoms with Crippen molar-refractivity contribution in [2.45, 2.75) is 113 Å². The summed E-state index contributed by atoms with van der Waals surface area (Å²) in [6, 6.07) is -4.43. The number of amides is 6. The molecule has 1 unspecified atom stereocenters. The zero-order chi connectivity index (χ0) is 35.4. The predicted molar refractivity (Wildman–Crippen MR) is 177 cm³/mol. The summed E-state index contributed by atoms with van der Waals surface area (Å²) in [5.41, 5.74) is -1.54. The number of piperidine rings is 1. The Labute approximate surface area is 275 Å². The van der Waals surface area contributed by atoms with Crippen molar-refractivity contribution in [3.63, 3.8) is 0 Å². The molecular weight excluding hydrogens is 588 g/mol. The van der Waals surface area contributed by atoms with Crippen LogP contribution in [0.25, 0.3) is 0 Å². The van der Waals surface area contributed by atoms with Gasteiger partial charge in [0.05, 0.1) is 6.04 Å². The van der Waals surface area contributed by atoms with Gasteiger partial charge in [0.2, 0.25) is 23.5 Å². The van der Waals surface area contributed by atoms with Crippen LogP contribution in [0.3, 0.4) is 0 Å². The number of fused-ring (bicyclic) bond motifs is 1. The number of Topliss-reactive ketones (excluding diaryl/α,β-unsaturated/α-hetero) is 1. The molecule has 260 valence electrons. The van der Waals surface area contributed by atoms with Crippen LogP contribution in [0.1, 0.15) is 89.0 Å². The molecule has 46 heavy (non-hydrogen) atoms. The van der Waals surface area contributed by atoms with Crippen LogP contribution >= 0.6 is 0 Å². The average molecular weight is 647 g/mol. The average Bonchev–Trinajstić information content (AvgIpc) is 3.27. The second-order valence-corrected chi connectivity index (χ2v) is 15.3. The number of hydrogen-bond donors (Lipinski definition) is 4. The number of nitrogens with zero attached hydrogens (tertiary/aromatic N) is 2. The van der Waals surface area contributed by atoms with Crippen LogP contribution in [-0.2, 0) is 24.0 Å². The van der Waals surface area contributed by atoms with Crippen molar-refractivity contribution in [1.29, 1.82) is 0 Å². The molecule has 0 radical (unpaired) electrons. The fraction of sp³-hybridized carbons (Fsp3) is 0.765. The molecule has 0 aromatic heterocycles. The molecule has 1 saturated carbocycles. The summed E-state index contributed by atoms with van der Waals surface area (Å²) in [5, 5.41) is 10.9.